The molecule has 0 aromatic heterocycles. The molecule has 0 aromatic rings. The van der Waals surface area contributed by atoms with Crippen molar-refractivity contribution in [2.45, 2.75) is 62.9 Å². The van der Waals surface area contributed by atoms with Crippen LogP contribution in [0.4, 0.5) is 0 Å². The summed E-state index contributed by atoms with van der Waals surface area (Å²) in [5, 5.41) is 38.6. The Morgan fingerprint density at radius 1 is 0.773 bits per heavy atom. The second kappa shape index (κ2) is 9.04. The third-order valence-electron chi connectivity index (χ3n) is 3.96. The van der Waals surface area contributed by atoms with E-state index in [4.69, 9.17) is 5.73 Å². The fourth-order valence-electron chi connectivity index (χ4n) is 2.52. The van der Waals surface area contributed by atoms with E-state index in [-0.39, 0.29) is 0 Å². The van der Waals surface area contributed by atoms with Crippen LogP contribution in [0.2, 0.25) is 0 Å². The van der Waals surface area contributed by atoms with Gasteiger partial charge in [-0.3, -0.25) is 9.59 Å². The number of aliphatic hydroxyl groups is 4. The summed E-state index contributed by atoms with van der Waals surface area (Å²) < 4.78 is 0. The Kier molecular flexibility index (Phi) is 7.74. The summed E-state index contributed by atoms with van der Waals surface area (Å²) in [6, 6.07) is 0. The van der Waals surface area contributed by atoms with E-state index in [2.05, 4.69) is 0 Å². The average Bonchev–Trinajstić information content (AvgIpc) is 2.64. The minimum Gasteiger partial charge on any atom is -0.387 e. The second-order valence-electron chi connectivity index (χ2n) is 5.72. The number of primary amides is 1. The molecule has 1 rings (SSSR count). The first-order valence-corrected chi connectivity index (χ1v) is 7.66. The molecular weight excluding hydrogens is 292 g/mol. The lowest BCUT2D eigenvalue weighted by molar-refractivity contribution is -0.160. The molecule has 22 heavy (non-hydrogen) atoms. The van der Waals surface area contributed by atoms with Crippen LogP contribution in [0.15, 0.2) is 0 Å². The lowest BCUT2D eigenvalue weighted by atomic mass is 10.0. The van der Waals surface area contributed by atoms with Crippen molar-refractivity contribution >= 4 is 11.8 Å². The molecule has 8 nitrogen and oxygen atoms in total. The van der Waals surface area contributed by atoms with Crippen molar-refractivity contribution in [3.63, 3.8) is 0 Å². The highest BCUT2D eigenvalue weighted by Crippen LogP contribution is 2.14. The molecule has 8 heteroatoms. The predicted molar refractivity (Wildman–Crippen MR) is 77.5 cm³/mol. The highest BCUT2D eigenvalue weighted by Gasteiger charge is 2.38. The zero-order valence-corrected chi connectivity index (χ0v) is 12.6. The van der Waals surface area contributed by atoms with E-state index >= 15 is 0 Å². The van der Waals surface area contributed by atoms with Crippen molar-refractivity contribution in [3.8, 4) is 0 Å². The van der Waals surface area contributed by atoms with Gasteiger partial charge >= 0.3 is 0 Å². The van der Waals surface area contributed by atoms with Gasteiger partial charge in [-0.05, 0) is 12.8 Å². The van der Waals surface area contributed by atoms with Crippen LogP contribution in [0, 0.1) is 0 Å². The fourth-order valence-corrected chi connectivity index (χ4v) is 2.52. The highest BCUT2D eigenvalue weighted by molar-refractivity contribution is 5.82. The molecule has 1 aliphatic heterocycles. The molecule has 1 heterocycles. The molecule has 0 saturated carbocycles. The molecule has 1 saturated heterocycles. The van der Waals surface area contributed by atoms with Gasteiger partial charge in [0.15, 0.2) is 12.2 Å². The van der Waals surface area contributed by atoms with Crippen LogP contribution in [0.3, 0.4) is 0 Å². The van der Waals surface area contributed by atoms with E-state index in [1.807, 2.05) is 0 Å². The zero-order chi connectivity index (χ0) is 16.7. The molecule has 2 amide bonds. The number of nitrogens with zero attached hydrogens (tertiary/aromatic N) is 1. The number of aliphatic hydroxyl groups excluding tert-OH is 4. The highest BCUT2D eigenvalue weighted by atomic mass is 16.4. The molecule has 1 aliphatic rings. The third kappa shape index (κ3) is 5.20. The summed E-state index contributed by atoms with van der Waals surface area (Å²) in [5.41, 5.74) is 4.81. The number of hydrogen-bond donors (Lipinski definition) is 5. The Balaban J connectivity index is 2.66. The largest absolute Gasteiger partial charge is 0.387 e. The first kappa shape index (κ1) is 18.8. The Bertz CT molecular complexity index is 368. The van der Waals surface area contributed by atoms with Gasteiger partial charge < -0.3 is 31.1 Å². The molecular formula is C14H26N2O6. The second-order valence-corrected chi connectivity index (χ2v) is 5.72. The average molecular weight is 318 g/mol. The van der Waals surface area contributed by atoms with E-state index in [1.54, 1.807) is 0 Å². The van der Waals surface area contributed by atoms with Gasteiger partial charge in [0.25, 0.3) is 5.91 Å². The van der Waals surface area contributed by atoms with Gasteiger partial charge in [-0.1, -0.05) is 25.7 Å². The number of rotatable bonds is 5. The lowest BCUT2D eigenvalue weighted by Crippen LogP contribution is -2.54. The quantitative estimate of drug-likeness (QED) is 0.400. The Hall–Kier alpha value is -1.22. The number of nitrogens with two attached hydrogens (primary N) is 1. The maximum absolute atomic E-state index is 12.2. The van der Waals surface area contributed by atoms with Gasteiger partial charge in [0.05, 0.1) is 0 Å². The number of hydrogen-bond acceptors (Lipinski definition) is 6. The van der Waals surface area contributed by atoms with Crippen molar-refractivity contribution in [2.75, 3.05) is 13.1 Å². The minimum absolute atomic E-state index is 0.469. The Labute approximate surface area is 129 Å². The number of carbonyl (C=O) groups excluding carboxylic acids is 2. The van der Waals surface area contributed by atoms with Crippen molar-refractivity contribution in [1.29, 1.82) is 0 Å². The standard InChI is InChI=1S/C14H26N2O6/c15-13(21)11(19)9(17)10(18)12(20)14(22)16-7-5-3-1-2-4-6-8-16/h9-12,17-20H,1-8H2,(H2,15,21)/t9-,10-,11-,12+/m0/s1. The maximum atomic E-state index is 12.2. The van der Waals surface area contributed by atoms with Crippen molar-refractivity contribution in [2.24, 2.45) is 5.73 Å². The van der Waals surface area contributed by atoms with E-state index in [0.29, 0.717) is 13.1 Å². The normalized spacial score (nSPS) is 22.6. The van der Waals surface area contributed by atoms with Crippen LogP contribution in [0.5, 0.6) is 0 Å². The van der Waals surface area contributed by atoms with E-state index in [9.17, 15) is 30.0 Å². The molecule has 1 fully saturated rings. The minimum atomic E-state index is -2.05. The van der Waals surface area contributed by atoms with Crippen molar-refractivity contribution < 1.29 is 30.0 Å². The van der Waals surface area contributed by atoms with Crippen LogP contribution >= 0.6 is 0 Å². The van der Waals surface area contributed by atoms with E-state index in [1.165, 1.54) is 4.90 Å². The molecule has 0 aliphatic carbocycles. The molecule has 4 atom stereocenters. The topological polar surface area (TPSA) is 144 Å². The van der Waals surface area contributed by atoms with Gasteiger partial charge in [0, 0.05) is 13.1 Å². The van der Waals surface area contributed by atoms with Crippen LogP contribution in [0.25, 0.3) is 0 Å². The molecule has 0 unspecified atom stereocenters. The van der Waals surface area contributed by atoms with Crippen molar-refractivity contribution in [3.05, 3.63) is 0 Å². The van der Waals surface area contributed by atoms with Crippen LogP contribution in [-0.2, 0) is 9.59 Å². The van der Waals surface area contributed by atoms with Gasteiger partial charge in [0.2, 0.25) is 5.91 Å². The summed E-state index contributed by atoms with van der Waals surface area (Å²) in [7, 11) is 0. The predicted octanol–water partition coefficient (Wildman–Crippen LogP) is -1.90. The van der Waals surface area contributed by atoms with Gasteiger partial charge in [-0.25, -0.2) is 0 Å². The summed E-state index contributed by atoms with van der Waals surface area (Å²) in [6.45, 7) is 0.939. The fraction of sp³-hybridized carbons (Fsp3) is 0.857. The van der Waals surface area contributed by atoms with Crippen LogP contribution < -0.4 is 5.73 Å². The summed E-state index contributed by atoms with van der Waals surface area (Å²) >= 11 is 0. The SMILES string of the molecule is NC(=O)[C@@H](O)[C@@H](O)[C@H](O)[C@@H](O)C(=O)N1CCCCCCCC1. The van der Waals surface area contributed by atoms with Crippen LogP contribution in [-0.4, -0.2) is 74.6 Å². The van der Waals surface area contributed by atoms with E-state index < -0.39 is 36.2 Å². The molecule has 0 radical (unpaired) electrons. The van der Waals surface area contributed by atoms with Crippen molar-refractivity contribution in [1.82, 2.24) is 4.90 Å². The summed E-state index contributed by atoms with van der Waals surface area (Å²) in [6.07, 6.45) is -2.15. The third-order valence-corrected chi connectivity index (χ3v) is 3.96. The smallest absolute Gasteiger partial charge is 0.254 e. The van der Waals surface area contributed by atoms with E-state index in [0.717, 1.165) is 38.5 Å². The summed E-state index contributed by atoms with van der Waals surface area (Å²) in [4.78, 5) is 24.5. The van der Waals surface area contributed by atoms with Gasteiger partial charge in [-0.2, -0.15) is 0 Å². The van der Waals surface area contributed by atoms with Gasteiger partial charge in [-0.15, -0.1) is 0 Å². The lowest BCUT2D eigenvalue weighted by Gasteiger charge is -2.29. The maximum Gasteiger partial charge on any atom is 0.254 e. The Morgan fingerprint density at radius 2 is 1.18 bits per heavy atom. The molecule has 0 bridgehead atoms. The molecule has 0 aromatic carbocycles. The zero-order valence-electron chi connectivity index (χ0n) is 12.6. The van der Waals surface area contributed by atoms with Crippen LogP contribution in [0.1, 0.15) is 38.5 Å². The monoisotopic (exact) mass is 318 g/mol. The number of amides is 2. The molecule has 128 valence electrons. The Morgan fingerprint density at radius 3 is 1.64 bits per heavy atom. The summed E-state index contributed by atoms with van der Waals surface area (Å²) in [5.74, 6) is -1.96. The first-order chi connectivity index (χ1) is 10.4. The molecule has 6 N–H and O–H groups in total. The van der Waals surface area contributed by atoms with Gasteiger partial charge in [0.1, 0.15) is 12.2 Å². The number of carbonyl (C=O) groups is 2. The molecule has 0 spiro atoms. The first-order valence-electron chi connectivity index (χ1n) is 7.66.